The first-order valence-corrected chi connectivity index (χ1v) is 8.32. The van der Waals surface area contributed by atoms with E-state index in [0.717, 1.165) is 38.9 Å². The second kappa shape index (κ2) is 5.67. The summed E-state index contributed by atoms with van der Waals surface area (Å²) in [5, 5.41) is 9.46. The van der Waals surface area contributed by atoms with Gasteiger partial charge in [-0.25, -0.2) is 8.42 Å². The van der Waals surface area contributed by atoms with E-state index in [9.17, 15) is 13.5 Å². The maximum absolute atomic E-state index is 11.5. The van der Waals surface area contributed by atoms with Gasteiger partial charge in [-0.05, 0) is 43.4 Å². The van der Waals surface area contributed by atoms with Gasteiger partial charge in [0.2, 0.25) is 0 Å². The molecule has 0 aromatic rings. The van der Waals surface area contributed by atoms with Crippen molar-refractivity contribution in [3.63, 3.8) is 0 Å². The topological polar surface area (TPSA) is 63.6 Å². The molecule has 0 radical (unpaired) electrons. The minimum Gasteiger partial charge on any atom is -0.396 e. The van der Waals surface area contributed by atoms with Crippen LogP contribution in [0.3, 0.4) is 0 Å². The molecule has 100 valence electrons. The van der Waals surface area contributed by atoms with Crippen molar-refractivity contribution in [1.29, 1.82) is 0 Å². The number of aliphatic hydroxyl groups is 1. The number of sulfone groups is 1. The third kappa shape index (κ3) is 3.66. The molecule has 5 heteroatoms. The summed E-state index contributed by atoms with van der Waals surface area (Å²) in [4.78, 5) is 0. The lowest BCUT2D eigenvalue weighted by Gasteiger charge is -2.28. The van der Waals surface area contributed by atoms with Crippen LogP contribution in [-0.4, -0.2) is 44.9 Å². The maximum atomic E-state index is 11.5. The molecule has 2 saturated heterocycles. The van der Waals surface area contributed by atoms with Crippen LogP contribution >= 0.6 is 0 Å². The fourth-order valence-corrected chi connectivity index (χ4v) is 4.94. The van der Waals surface area contributed by atoms with Crippen LogP contribution in [0.4, 0.5) is 0 Å². The Labute approximate surface area is 103 Å². The van der Waals surface area contributed by atoms with E-state index in [-0.39, 0.29) is 24.2 Å². The predicted octanol–water partition coefficient (Wildman–Crippen LogP) is 0.846. The molecule has 2 aliphatic heterocycles. The summed E-state index contributed by atoms with van der Waals surface area (Å²) in [5.74, 6) is 1.52. The summed E-state index contributed by atoms with van der Waals surface area (Å²) < 4.78 is 28.2. The van der Waals surface area contributed by atoms with Gasteiger partial charge in [-0.2, -0.15) is 0 Å². The first kappa shape index (κ1) is 13.3. The Kier molecular flexibility index (Phi) is 4.44. The van der Waals surface area contributed by atoms with Gasteiger partial charge >= 0.3 is 0 Å². The molecule has 0 aromatic carbocycles. The van der Waals surface area contributed by atoms with Crippen molar-refractivity contribution >= 4 is 9.84 Å². The zero-order valence-electron chi connectivity index (χ0n) is 10.2. The van der Waals surface area contributed by atoms with Crippen molar-refractivity contribution in [1.82, 2.24) is 0 Å². The fourth-order valence-electron chi connectivity index (χ4n) is 3.02. The van der Waals surface area contributed by atoms with Crippen LogP contribution in [0.2, 0.25) is 0 Å². The standard InChI is InChI=1S/C12H22O4S/c13-8-12(7-10-1-4-16-5-2-10)11-3-6-17(14,15)9-11/h10-13H,1-9H2. The van der Waals surface area contributed by atoms with E-state index in [0.29, 0.717) is 11.7 Å². The number of hydrogen-bond donors (Lipinski definition) is 1. The normalized spacial score (nSPS) is 31.5. The zero-order valence-corrected chi connectivity index (χ0v) is 11.0. The van der Waals surface area contributed by atoms with E-state index in [4.69, 9.17) is 4.74 Å². The number of aliphatic hydroxyl groups excluding tert-OH is 1. The highest BCUT2D eigenvalue weighted by Crippen LogP contribution is 2.32. The van der Waals surface area contributed by atoms with E-state index in [1.54, 1.807) is 0 Å². The lowest BCUT2D eigenvalue weighted by Crippen LogP contribution is -2.25. The summed E-state index contributed by atoms with van der Waals surface area (Å²) >= 11 is 0. The molecule has 2 rings (SSSR count). The molecule has 2 heterocycles. The Hall–Kier alpha value is -0.130. The molecule has 4 nitrogen and oxygen atoms in total. The third-order valence-corrected chi connectivity index (χ3v) is 5.94. The lowest BCUT2D eigenvalue weighted by molar-refractivity contribution is 0.0485. The highest BCUT2D eigenvalue weighted by atomic mass is 32.2. The third-order valence-electron chi connectivity index (χ3n) is 4.15. The maximum Gasteiger partial charge on any atom is 0.150 e. The second-order valence-corrected chi connectivity index (χ2v) is 7.63. The molecular formula is C12H22O4S. The highest BCUT2D eigenvalue weighted by Gasteiger charge is 2.34. The van der Waals surface area contributed by atoms with Crippen LogP contribution in [0.15, 0.2) is 0 Å². The van der Waals surface area contributed by atoms with Crippen molar-refractivity contribution in [2.75, 3.05) is 31.3 Å². The van der Waals surface area contributed by atoms with Gasteiger partial charge in [-0.15, -0.1) is 0 Å². The van der Waals surface area contributed by atoms with Crippen LogP contribution in [0.1, 0.15) is 25.7 Å². The van der Waals surface area contributed by atoms with Gasteiger partial charge in [0.1, 0.15) is 0 Å². The Morgan fingerprint density at radius 2 is 1.94 bits per heavy atom. The molecule has 2 atom stereocenters. The van der Waals surface area contributed by atoms with Crippen molar-refractivity contribution in [3.05, 3.63) is 0 Å². The monoisotopic (exact) mass is 262 g/mol. The molecule has 17 heavy (non-hydrogen) atoms. The minimum absolute atomic E-state index is 0.123. The molecule has 2 aliphatic rings. The van der Waals surface area contributed by atoms with Crippen molar-refractivity contribution < 1.29 is 18.3 Å². The fraction of sp³-hybridized carbons (Fsp3) is 1.00. The Bertz CT molecular complexity index is 332. The van der Waals surface area contributed by atoms with E-state index in [1.165, 1.54) is 0 Å². The van der Waals surface area contributed by atoms with Crippen molar-refractivity contribution in [3.8, 4) is 0 Å². The summed E-state index contributed by atoms with van der Waals surface area (Å²) in [6.45, 7) is 1.75. The molecular weight excluding hydrogens is 240 g/mol. The number of hydrogen-bond acceptors (Lipinski definition) is 4. The van der Waals surface area contributed by atoms with Gasteiger partial charge in [0.15, 0.2) is 9.84 Å². The zero-order chi connectivity index (χ0) is 12.3. The Morgan fingerprint density at radius 3 is 2.47 bits per heavy atom. The van der Waals surface area contributed by atoms with Gasteiger partial charge < -0.3 is 9.84 Å². The first-order valence-electron chi connectivity index (χ1n) is 6.50. The van der Waals surface area contributed by atoms with E-state index in [2.05, 4.69) is 0 Å². The Balaban J connectivity index is 1.88. The van der Waals surface area contributed by atoms with Crippen molar-refractivity contribution in [2.45, 2.75) is 25.7 Å². The minimum atomic E-state index is -2.83. The summed E-state index contributed by atoms with van der Waals surface area (Å²) in [6.07, 6.45) is 3.79. The molecule has 0 saturated carbocycles. The van der Waals surface area contributed by atoms with Crippen LogP contribution < -0.4 is 0 Å². The van der Waals surface area contributed by atoms with Crippen molar-refractivity contribution in [2.24, 2.45) is 17.8 Å². The predicted molar refractivity (Wildman–Crippen MR) is 65.5 cm³/mol. The van der Waals surface area contributed by atoms with Gasteiger partial charge in [0.05, 0.1) is 11.5 Å². The van der Waals surface area contributed by atoms with Crippen LogP contribution in [0.25, 0.3) is 0 Å². The average Bonchev–Trinajstić information content (AvgIpc) is 2.68. The molecule has 2 unspecified atom stereocenters. The second-order valence-electron chi connectivity index (χ2n) is 5.40. The summed E-state index contributed by atoms with van der Waals surface area (Å²) in [6, 6.07) is 0. The van der Waals surface area contributed by atoms with Gasteiger partial charge in [-0.3, -0.25) is 0 Å². The molecule has 0 aliphatic carbocycles. The van der Waals surface area contributed by atoms with Crippen LogP contribution in [0.5, 0.6) is 0 Å². The smallest absolute Gasteiger partial charge is 0.150 e. The number of ether oxygens (including phenoxy) is 1. The molecule has 0 amide bonds. The molecule has 2 fully saturated rings. The van der Waals surface area contributed by atoms with E-state index in [1.807, 2.05) is 0 Å². The summed E-state index contributed by atoms with van der Waals surface area (Å²) in [5.41, 5.74) is 0. The first-order chi connectivity index (χ1) is 8.11. The van der Waals surface area contributed by atoms with E-state index < -0.39 is 9.84 Å². The van der Waals surface area contributed by atoms with Crippen LogP contribution in [0, 0.1) is 17.8 Å². The highest BCUT2D eigenvalue weighted by molar-refractivity contribution is 7.91. The molecule has 0 bridgehead atoms. The van der Waals surface area contributed by atoms with E-state index >= 15 is 0 Å². The molecule has 0 spiro atoms. The largest absolute Gasteiger partial charge is 0.396 e. The van der Waals surface area contributed by atoms with Crippen LogP contribution in [-0.2, 0) is 14.6 Å². The Morgan fingerprint density at radius 1 is 1.24 bits per heavy atom. The SMILES string of the molecule is O=S1(=O)CCC(C(CO)CC2CCOCC2)C1. The van der Waals surface area contributed by atoms with Gasteiger partial charge in [-0.1, -0.05) is 0 Å². The quantitative estimate of drug-likeness (QED) is 0.815. The summed E-state index contributed by atoms with van der Waals surface area (Å²) in [7, 11) is -2.83. The lowest BCUT2D eigenvalue weighted by atomic mass is 9.82. The average molecular weight is 262 g/mol. The number of rotatable bonds is 4. The van der Waals surface area contributed by atoms with Gasteiger partial charge in [0.25, 0.3) is 0 Å². The molecule has 0 aromatic heterocycles. The van der Waals surface area contributed by atoms with Gasteiger partial charge in [0, 0.05) is 19.8 Å². The molecule has 1 N–H and O–H groups in total.